The third kappa shape index (κ3) is 3.26. The van der Waals surface area contributed by atoms with E-state index in [9.17, 15) is 9.90 Å². The molecule has 0 aliphatic carbocycles. The normalized spacial score (nSPS) is 16.6. The van der Waals surface area contributed by atoms with Crippen LogP contribution in [0.1, 0.15) is 30.9 Å². The van der Waals surface area contributed by atoms with Crippen LogP contribution in [0.3, 0.4) is 0 Å². The summed E-state index contributed by atoms with van der Waals surface area (Å²) in [6.45, 7) is 6.01. The van der Waals surface area contributed by atoms with Crippen molar-refractivity contribution in [3.05, 3.63) is 29.3 Å². The van der Waals surface area contributed by atoms with Crippen molar-refractivity contribution in [2.75, 3.05) is 13.1 Å². The van der Waals surface area contributed by atoms with E-state index in [0.717, 1.165) is 37.1 Å². The summed E-state index contributed by atoms with van der Waals surface area (Å²) in [5, 5.41) is 13.1. The van der Waals surface area contributed by atoms with E-state index in [4.69, 9.17) is 0 Å². The van der Waals surface area contributed by atoms with E-state index in [1.165, 1.54) is 0 Å². The number of rotatable bonds is 4. The summed E-state index contributed by atoms with van der Waals surface area (Å²) in [5.41, 5.74) is 1.69. The molecular formula is C15H22N2O2. The number of para-hydroxylation sites is 1. The van der Waals surface area contributed by atoms with Gasteiger partial charge in [0.15, 0.2) is 0 Å². The van der Waals surface area contributed by atoms with Gasteiger partial charge in [0.1, 0.15) is 5.75 Å². The van der Waals surface area contributed by atoms with E-state index < -0.39 is 0 Å². The molecule has 1 atom stereocenters. The molecule has 1 heterocycles. The maximum atomic E-state index is 12.1. The summed E-state index contributed by atoms with van der Waals surface area (Å²) in [4.78, 5) is 14.0. The summed E-state index contributed by atoms with van der Waals surface area (Å²) >= 11 is 0. The fourth-order valence-corrected chi connectivity index (χ4v) is 2.42. The zero-order chi connectivity index (χ0) is 13.8. The number of amides is 1. The fourth-order valence-electron chi connectivity index (χ4n) is 2.42. The molecule has 19 heavy (non-hydrogen) atoms. The van der Waals surface area contributed by atoms with Crippen LogP contribution in [0.4, 0.5) is 0 Å². The average Bonchev–Trinajstić information content (AvgIpc) is 2.93. The van der Waals surface area contributed by atoms with Crippen LogP contribution in [-0.4, -0.2) is 35.0 Å². The molecule has 0 aromatic heterocycles. The Morgan fingerprint density at radius 1 is 1.42 bits per heavy atom. The number of phenols is 1. The number of likely N-dealkylation sites (tertiary alicyclic amines) is 1. The largest absolute Gasteiger partial charge is 0.507 e. The number of carbonyl (C=O) groups is 1. The van der Waals surface area contributed by atoms with Crippen LogP contribution in [-0.2, 0) is 11.3 Å². The van der Waals surface area contributed by atoms with Crippen LogP contribution in [0.15, 0.2) is 18.2 Å². The maximum absolute atomic E-state index is 12.1. The highest BCUT2D eigenvalue weighted by Crippen LogP contribution is 2.21. The van der Waals surface area contributed by atoms with Gasteiger partial charge in [0.25, 0.3) is 0 Å². The third-order valence-electron chi connectivity index (χ3n) is 3.71. The molecule has 4 nitrogen and oxygen atoms in total. The molecule has 2 N–H and O–H groups in total. The second-order valence-corrected chi connectivity index (χ2v) is 5.22. The Hall–Kier alpha value is -1.55. The molecule has 1 aliphatic heterocycles. The Balaban J connectivity index is 1.90. The predicted molar refractivity (Wildman–Crippen MR) is 75.0 cm³/mol. The predicted octanol–water partition coefficient (Wildman–Crippen LogP) is 1.80. The van der Waals surface area contributed by atoms with Crippen molar-refractivity contribution in [1.29, 1.82) is 0 Å². The van der Waals surface area contributed by atoms with Gasteiger partial charge in [-0.25, -0.2) is 0 Å². The second kappa shape index (κ2) is 6.06. The van der Waals surface area contributed by atoms with E-state index in [1.54, 1.807) is 0 Å². The van der Waals surface area contributed by atoms with Gasteiger partial charge >= 0.3 is 0 Å². The van der Waals surface area contributed by atoms with E-state index in [1.807, 2.05) is 36.9 Å². The van der Waals surface area contributed by atoms with Crippen LogP contribution in [0.25, 0.3) is 0 Å². The fraction of sp³-hybridized carbons (Fsp3) is 0.533. The molecule has 0 saturated carbocycles. The van der Waals surface area contributed by atoms with E-state index in [-0.39, 0.29) is 11.9 Å². The summed E-state index contributed by atoms with van der Waals surface area (Å²) in [5.74, 6) is 0.473. The molecule has 2 rings (SSSR count). The van der Waals surface area contributed by atoms with E-state index >= 15 is 0 Å². The molecule has 1 fully saturated rings. The third-order valence-corrected chi connectivity index (χ3v) is 3.71. The Morgan fingerprint density at radius 3 is 2.79 bits per heavy atom. The maximum Gasteiger partial charge on any atom is 0.239 e. The Labute approximate surface area is 114 Å². The topological polar surface area (TPSA) is 52.6 Å². The zero-order valence-corrected chi connectivity index (χ0v) is 11.6. The first-order valence-electron chi connectivity index (χ1n) is 6.89. The molecule has 1 unspecified atom stereocenters. The molecule has 1 aromatic rings. The quantitative estimate of drug-likeness (QED) is 0.870. The number of aryl methyl sites for hydroxylation is 1. The van der Waals surface area contributed by atoms with Gasteiger partial charge in [-0.05, 0) is 32.3 Å². The lowest BCUT2D eigenvalue weighted by molar-refractivity contribution is -0.131. The molecule has 1 amide bonds. The second-order valence-electron chi connectivity index (χ2n) is 5.22. The minimum Gasteiger partial charge on any atom is -0.507 e. The monoisotopic (exact) mass is 262 g/mol. The number of phenolic OH excluding ortho intramolecular Hbond substituents is 1. The van der Waals surface area contributed by atoms with Crippen LogP contribution in [0, 0.1) is 6.92 Å². The first-order valence-corrected chi connectivity index (χ1v) is 6.89. The van der Waals surface area contributed by atoms with Crippen molar-refractivity contribution in [2.45, 2.75) is 39.3 Å². The number of hydrogen-bond acceptors (Lipinski definition) is 3. The number of aromatic hydroxyl groups is 1. The number of nitrogens with one attached hydrogen (secondary N) is 1. The number of nitrogens with zero attached hydrogens (tertiary/aromatic N) is 1. The molecule has 0 spiro atoms. The highest BCUT2D eigenvalue weighted by atomic mass is 16.3. The van der Waals surface area contributed by atoms with Crippen LogP contribution in [0.2, 0.25) is 0 Å². The molecule has 0 bridgehead atoms. The van der Waals surface area contributed by atoms with Crippen molar-refractivity contribution in [1.82, 2.24) is 10.2 Å². The first-order chi connectivity index (χ1) is 9.09. The van der Waals surface area contributed by atoms with Gasteiger partial charge in [0.05, 0.1) is 6.04 Å². The summed E-state index contributed by atoms with van der Waals surface area (Å²) in [6, 6.07) is 5.46. The van der Waals surface area contributed by atoms with Gasteiger partial charge in [-0.1, -0.05) is 18.2 Å². The molecule has 1 aliphatic rings. The smallest absolute Gasteiger partial charge is 0.239 e. The van der Waals surface area contributed by atoms with Gasteiger partial charge in [-0.3, -0.25) is 4.79 Å². The van der Waals surface area contributed by atoms with Crippen molar-refractivity contribution >= 4 is 5.91 Å². The zero-order valence-electron chi connectivity index (χ0n) is 11.6. The molecule has 1 aromatic carbocycles. The Bertz CT molecular complexity index is 453. The van der Waals surface area contributed by atoms with Gasteiger partial charge in [-0.15, -0.1) is 0 Å². The highest BCUT2D eigenvalue weighted by Gasteiger charge is 2.22. The summed E-state index contributed by atoms with van der Waals surface area (Å²) in [7, 11) is 0. The summed E-state index contributed by atoms with van der Waals surface area (Å²) < 4.78 is 0. The number of carbonyl (C=O) groups excluding carboxylic acids is 1. The van der Waals surface area contributed by atoms with Gasteiger partial charge in [0, 0.05) is 25.2 Å². The lowest BCUT2D eigenvalue weighted by Gasteiger charge is -2.21. The lowest BCUT2D eigenvalue weighted by atomic mass is 10.1. The molecule has 1 saturated heterocycles. The molecule has 4 heteroatoms. The van der Waals surface area contributed by atoms with E-state index in [2.05, 4.69) is 5.32 Å². The SMILES string of the molecule is Cc1cccc(CNC(C)C(=O)N2CCCC2)c1O. The molecular weight excluding hydrogens is 240 g/mol. The lowest BCUT2D eigenvalue weighted by Crippen LogP contribution is -2.43. The highest BCUT2D eigenvalue weighted by molar-refractivity contribution is 5.81. The van der Waals surface area contributed by atoms with Crippen molar-refractivity contribution in [2.24, 2.45) is 0 Å². The Morgan fingerprint density at radius 2 is 2.11 bits per heavy atom. The number of benzene rings is 1. The minimum absolute atomic E-state index is 0.157. The van der Waals surface area contributed by atoms with Crippen LogP contribution in [0.5, 0.6) is 5.75 Å². The van der Waals surface area contributed by atoms with Crippen molar-refractivity contribution in [3.63, 3.8) is 0 Å². The average molecular weight is 262 g/mol. The van der Waals surface area contributed by atoms with Crippen LogP contribution < -0.4 is 5.32 Å². The molecule has 0 radical (unpaired) electrons. The van der Waals surface area contributed by atoms with E-state index in [0.29, 0.717) is 12.3 Å². The first kappa shape index (κ1) is 13.9. The van der Waals surface area contributed by atoms with Crippen LogP contribution >= 0.6 is 0 Å². The molecule has 104 valence electrons. The van der Waals surface area contributed by atoms with Gasteiger partial charge in [0.2, 0.25) is 5.91 Å². The Kier molecular flexibility index (Phi) is 4.43. The van der Waals surface area contributed by atoms with Gasteiger partial charge < -0.3 is 15.3 Å². The minimum atomic E-state index is -0.210. The van der Waals surface area contributed by atoms with Gasteiger partial charge in [-0.2, -0.15) is 0 Å². The summed E-state index contributed by atoms with van der Waals surface area (Å²) in [6.07, 6.45) is 2.22. The standard InChI is InChI=1S/C15H22N2O2/c1-11-6-5-7-13(14(11)18)10-16-12(2)15(19)17-8-3-4-9-17/h5-7,12,16,18H,3-4,8-10H2,1-2H3. The number of hydrogen-bond donors (Lipinski definition) is 2. The van der Waals surface area contributed by atoms with Crippen molar-refractivity contribution in [3.8, 4) is 5.75 Å². The van der Waals surface area contributed by atoms with Crippen molar-refractivity contribution < 1.29 is 9.90 Å².